The van der Waals surface area contributed by atoms with Crippen LogP contribution in [-0.2, 0) is 11.3 Å². The largest absolute Gasteiger partial charge is 0.497 e. The molecule has 0 saturated heterocycles. The molecule has 3 aromatic rings. The normalized spacial score (nSPS) is 14.0. The highest BCUT2D eigenvalue weighted by Gasteiger charge is 2.22. The van der Waals surface area contributed by atoms with Gasteiger partial charge in [0.2, 0.25) is 0 Å². The van der Waals surface area contributed by atoms with Gasteiger partial charge in [-0.15, -0.1) is 0 Å². The van der Waals surface area contributed by atoms with Crippen LogP contribution in [0.2, 0.25) is 0 Å². The number of hydrogen-bond donors (Lipinski definition) is 2. The van der Waals surface area contributed by atoms with Gasteiger partial charge in [-0.25, -0.2) is 4.39 Å². The lowest BCUT2D eigenvalue weighted by molar-refractivity contribution is -0.112. The van der Waals surface area contributed by atoms with E-state index in [4.69, 9.17) is 4.74 Å². The molecule has 31 heavy (non-hydrogen) atoms. The Hall–Kier alpha value is -3.58. The van der Waals surface area contributed by atoms with Gasteiger partial charge in [0, 0.05) is 17.0 Å². The van der Waals surface area contributed by atoms with Gasteiger partial charge in [-0.1, -0.05) is 36.0 Å². The number of anilines is 1. The molecule has 0 fully saturated rings. The first kappa shape index (κ1) is 20.7. The number of rotatable bonds is 5. The van der Waals surface area contributed by atoms with E-state index in [9.17, 15) is 14.0 Å². The summed E-state index contributed by atoms with van der Waals surface area (Å²) in [5.41, 5.74) is 2.68. The Kier molecular flexibility index (Phi) is 6.04. The summed E-state index contributed by atoms with van der Waals surface area (Å²) in [5, 5.41) is 5.65. The number of fused-ring (bicyclic) bond motifs is 1. The van der Waals surface area contributed by atoms with E-state index in [0.29, 0.717) is 21.9 Å². The van der Waals surface area contributed by atoms with Crippen molar-refractivity contribution in [2.45, 2.75) is 11.4 Å². The van der Waals surface area contributed by atoms with E-state index in [1.165, 1.54) is 23.9 Å². The topological polar surface area (TPSA) is 67.4 Å². The predicted molar refractivity (Wildman–Crippen MR) is 119 cm³/mol. The molecule has 0 aliphatic carbocycles. The van der Waals surface area contributed by atoms with Crippen molar-refractivity contribution < 1.29 is 18.7 Å². The summed E-state index contributed by atoms with van der Waals surface area (Å²) >= 11 is 1.35. The number of thioether (sulfide) groups is 1. The highest BCUT2D eigenvalue weighted by atomic mass is 32.2. The SMILES string of the molecule is COc1cccc(/C=C2/Sc3ccc(C(=O)NCc4ccc(F)cc4)cc3NC2=O)c1. The second-order valence-electron chi connectivity index (χ2n) is 6.86. The molecule has 0 atom stereocenters. The zero-order valence-electron chi connectivity index (χ0n) is 16.6. The average Bonchev–Trinajstić information content (AvgIpc) is 2.79. The lowest BCUT2D eigenvalue weighted by Crippen LogP contribution is -2.23. The smallest absolute Gasteiger partial charge is 0.262 e. The predicted octanol–water partition coefficient (Wildman–Crippen LogP) is 4.85. The van der Waals surface area contributed by atoms with E-state index in [-0.39, 0.29) is 24.2 Å². The maximum atomic E-state index is 13.0. The number of carbonyl (C=O) groups excluding carboxylic acids is 2. The first-order chi connectivity index (χ1) is 15.0. The first-order valence-corrected chi connectivity index (χ1v) is 10.3. The molecule has 3 aromatic carbocycles. The monoisotopic (exact) mass is 434 g/mol. The summed E-state index contributed by atoms with van der Waals surface area (Å²) < 4.78 is 18.2. The zero-order valence-corrected chi connectivity index (χ0v) is 17.5. The summed E-state index contributed by atoms with van der Waals surface area (Å²) in [6.45, 7) is 0.282. The van der Waals surface area contributed by atoms with Crippen LogP contribution in [0.25, 0.3) is 6.08 Å². The van der Waals surface area contributed by atoms with E-state index >= 15 is 0 Å². The van der Waals surface area contributed by atoms with Gasteiger partial charge in [0.25, 0.3) is 11.8 Å². The molecule has 1 aliphatic rings. The molecule has 0 spiro atoms. The molecule has 0 aromatic heterocycles. The second-order valence-corrected chi connectivity index (χ2v) is 7.95. The van der Waals surface area contributed by atoms with Crippen molar-refractivity contribution in [3.63, 3.8) is 0 Å². The van der Waals surface area contributed by atoms with Crippen LogP contribution >= 0.6 is 11.8 Å². The molecular formula is C24H19FN2O3S. The lowest BCUT2D eigenvalue weighted by Gasteiger charge is -2.19. The van der Waals surface area contributed by atoms with Crippen LogP contribution in [0.4, 0.5) is 10.1 Å². The van der Waals surface area contributed by atoms with Crippen LogP contribution in [0.15, 0.2) is 76.5 Å². The Bertz CT molecular complexity index is 1180. The van der Waals surface area contributed by atoms with Gasteiger partial charge >= 0.3 is 0 Å². The van der Waals surface area contributed by atoms with Crippen molar-refractivity contribution in [1.29, 1.82) is 0 Å². The van der Waals surface area contributed by atoms with Gasteiger partial charge in [-0.2, -0.15) is 0 Å². The minimum atomic E-state index is -0.321. The van der Waals surface area contributed by atoms with Gasteiger partial charge in [0.05, 0.1) is 17.7 Å². The van der Waals surface area contributed by atoms with Gasteiger partial charge in [-0.3, -0.25) is 9.59 Å². The number of ether oxygens (including phenoxy) is 1. The third-order valence-electron chi connectivity index (χ3n) is 4.69. The maximum Gasteiger partial charge on any atom is 0.262 e. The number of carbonyl (C=O) groups is 2. The van der Waals surface area contributed by atoms with Crippen molar-refractivity contribution in [3.8, 4) is 5.75 Å². The quantitative estimate of drug-likeness (QED) is 0.564. The number of halogens is 1. The van der Waals surface area contributed by atoms with Crippen LogP contribution in [0.3, 0.4) is 0 Å². The van der Waals surface area contributed by atoms with Crippen molar-refractivity contribution in [3.05, 3.63) is 94.1 Å². The fourth-order valence-electron chi connectivity index (χ4n) is 3.07. The molecular weight excluding hydrogens is 415 g/mol. The second kappa shape index (κ2) is 9.06. The summed E-state index contributed by atoms with van der Waals surface area (Å²) in [6, 6.07) is 18.6. The van der Waals surface area contributed by atoms with Crippen LogP contribution in [0.1, 0.15) is 21.5 Å². The number of benzene rings is 3. The molecule has 156 valence electrons. The first-order valence-electron chi connectivity index (χ1n) is 9.53. The van der Waals surface area contributed by atoms with Crippen molar-refractivity contribution in [1.82, 2.24) is 5.32 Å². The van der Waals surface area contributed by atoms with Gasteiger partial charge in [0.1, 0.15) is 11.6 Å². The van der Waals surface area contributed by atoms with Crippen LogP contribution < -0.4 is 15.4 Å². The standard InChI is InChI=1S/C24H19FN2O3S/c1-30-19-4-2-3-16(11-19)12-22-24(29)27-20-13-17(7-10-21(20)31-22)23(28)26-14-15-5-8-18(25)9-6-15/h2-13H,14H2,1H3,(H,26,28)(H,27,29)/b22-12+. The fourth-order valence-corrected chi connectivity index (χ4v) is 4.00. The van der Waals surface area contributed by atoms with E-state index in [2.05, 4.69) is 10.6 Å². The molecule has 5 nitrogen and oxygen atoms in total. The zero-order chi connectivity index (χ0) is 21.8. The van der Waals surface area contributed by atoms with Crippen LogP contribution in [0.5, 0.6) is 5.75 Å². The Morgan fingerprint density at radius 3 is 2.71 bits per heavy atom. The number of nitrogens with one attached hydrogen (secondary N) is 2. The Balaban J connectivity index is 1.47. The van der Waals surface area contributed by atoms with E-state index in [0.717, 1.165) is 16.0 Å². The van der Waals surface area contributed by atoms with Gasteiger partial charge < -0.3 is 15.4 Å². The summed E-state index contributed by atoms with van der Waals surface area (Å²) in [4.78, 5) is 26.5. The highest BCUT2D eigenvalue weighted by molar-refractivity contribution is 8.04. The third-order valence-corrected chi connectivity index (χ3v) is 5.79. The number of amides is 2. The summed E-state index contributed by atoms with van der Waals surface area (Å²) in [6.07, 6.45) is 1.80. The number of methoxy groups -OCH3 is 1. The Labute approximate surface area is 183 Å². The molecule has 0 radical (unpaired) electrons. The summed E-state index contributed by atoms with van der Waals surface area (Å²) in [5.74, 6) is -0.113. The summed E-state index contributed by atoms with van der Waals surface area (Å²) in [7, 11) is 1.60. The van der Waals surface area contributed by atoms with Gasteiger partial charge in [0.15, 0.2) is 0 Å². The minimum absolute atomic E-state index is 0.232. The maximum absolute atomic E-state index is 13.0. The molecule has 7 heteroatoms. The lowest BCUT2D eigenvalue weighted by atomic mass is 10.1. The average molecular weight is 434 g/mol. The van der Waals surface area contributed by atoms with E-state index in [1.807, 2.05) is 30.3 Å². The molecule has 2 amide bonds. The molecule has 2 N–H and O–H groups in total. The molecule has 0 saturated carbocycles. The van der Waals surface area contributed by atoms with Crippen LogP contribution in [-0.4, -0.2) is 18.9 Å². The molecule has 1 aliphatic heterocycles. The molecule has 1 heterocycles. The van der Waals surface area contributed by atoms with Crippen molar-refractivity contribution in [2.75, 3.05) is 12.4 Å². The number of hydrogen-bond acceptors (Lipinski definition) is 4. The van der Waals surface area contributed by atoms with Crippen molar-refractivity contribution >= 4 is 35.3 Å². The van der Waals surface area contributed by atoms with Gasteiger partial charge in [-0.05, 0) is 59.7 Å². The molecule has 0 unspecified atom stereocenters. The molecule has 4 rings (SSSR count). The van der Waals surface area contributed by atoms with E-state index in [1.54, 1.807) is 37.5 Å². The molecule has 0 bridgehead atoms. The minimum Gasteiger partial charge on any atom is -0.497 e. The highest BCUT2D eigenvalue weighted by Crippen LogP contribution is 2.39. The fraction of sp³-hybridized carbons (Fsp3) is 0.0833. The van der Waals surface area contributed by atoms with Crippen LogP contribution in [0, 0.1) is 5.82 Å². The Morgan fingerprint density at radius 1 is 1.13 bits per heavy atom. The Morgan fingerprint density at radius 2 is 1.94 bits per heavy atom. The van der Waals surface area contributed by atoms with E-state index < -0.39 is 0 Å². The third kappa shape index (κ3) is 4.95. The van der Waals surface area contributed by atoms with Crippen molar-refractivity contribution in [2.24, 2.45) is 0 Å².